The Labute approximate surface area is 105 Å². The van der Waals surface area contributed by atoms with Crippen LogP contribution in [-0.2, 0) is 10.7 Å². The summed E-state index contributed by atoms with van der Waals surface area (Å²) in [4.78, 5) is 10.5. The van der Waals surface area contributed by atoms with Crippen molar-refractivity contribution in [1.82, 2.24) is 0 Å². The summed E-state index contributed by atoms with van der Waals surface area (Å²) in [7, 11) is -2.79. The second-order valence-corrected chi connectivity index (χ2v) is 4.54. The Morgan fingerprint density at radius 3 is 2.06 bits per heavy atom. The Kier molecular flexibility index (Phi) is 3.38. The lowest BCUT2D eigenvalue weighted by molar-refractivity contribution is -0.384. The zero-order chi connectivity index (χ0) is 13.1. The molecule has 2 aromatic carbocycles. The van der Waals surface area contributed by atoms with Gasteiger partial charge in [-0.15, -0.1) is 0 Å². The monoisotopic (exact) mass is 263 g/mol. The van der Waals surface area contributed by atoms with Crippen molar-refractivity contribution in [1.29, 1.82) is 0 Å². The van der Waals surface area contributed by atoms with Crippen LogP contribution in [0.25, 0.3) is 11.1 Å². The fourth-order valence-corrected chi connectivity index (χ4v) is 2.32. The lowest BCUT2D eigenvalue weighted by atomic mass is 10.0. The molecule has 0 N–H and O–H groups in total. The highest BCUT2D eigenvalue weighted by atomic mass is 32.2. The third kappa shape index (κ3) is 2.23. The van der Waals surface area contributed by atoms with Gasteiger partial charge in [0.05, 0.1) is 15.4 Å². The summed E-state index contributed by atoms with van der Waals surface area (Å²) >= 11 is 0. The Balaban J connectivity index is 2.74. The molecule has 0 atom stereocenters. The van der Waals surface area contributed by atoms with Crippen molar-refractivity contribution in [2.75, 3.05) is 0 Å². The van der Waals surface area contributed by atoms with Crippen LogP contribution >= 0.6 is 0 Å². The molecule has 0 aromatic heterocycles. The minimum atomic E-state index is -2.79. The Morgan fingerprint density at radius 2 is 1.44 bits per heavy atom. The Morgan fingerprint density at radius 1 is 0.889 bits per heavy atom. The lowest BCUT2D eigenvalue weighted by Gasteiger charge is -2.05. The van der Waals surface area contributed by atoms with Gasteiger partial charge in [0.25, 0.3) is 5.69 Å². The van der Waals surface area contributed by atoms with Gasteiger partial charge in [-0.05, 0) is 12.1 Å². The van der Waals surface area contributed by atoms with Gasteiger partial charge in [-0.25, -0.2) is 8.42 Å². The first-order chi connectivity index (χ1) is 8.61. The highest BCUT2D eigenvalue weighted by Crippen LogP contribution is 2.32. The highest BCUT2D eigenvalue weighted by Gasteiger charge is 2.17. The molecule has 0 spiro atoms. The summed E-state index contributed by atoms with van der Waals surface area (Å²) in [5.74, 6) is 0. The van der Waals surface area contributed by atoms with Crippen LogP contribution in [0.3, 0.4) is 0 Å². The molecule has 0 aliphatic carbocycles. The van der Waals surface area contributed by atoms with Crippen molar-refractivity contribution in [3.63, 3.8) is 0 Å². The molecule has 0 unspecified atom stereocenters. The number of hydrogen-bond acceptors (Lipinski definition) is 4. The minimum Gasteiger partial charge on any atom is -0.258 e. The van der Waals surface area contributed by atoms with E-state index in [-0.39, 0.29) is 10.6 Å². The Hall–Kier alpha value is -2.21. The number of thiol groups is 1. The minimum absolute atomic E-state index is 0.0850. The van der Waals surface area contributed by atoms with E-state index in [1.54, 1.807) is 30.3 Å². The molecule has 18 heavy (non-hydrogen) atoms. The van der Waals surface area contributed by atoms with Crippen LogP contribution in [0.15, 0.2) is 53.4 Å². The summed E-state index contributed by atoms with van der Waals surface area (Å²) in [5.41, 5.74) is 0.542. The number of nitrogens with zero attached hydrogens (tertiary/aromatic N) is 1. The van der Waals surface area contributed by atoms with Crippen LogP contribution in [0, 0.1) is 10.1 Å². The van der Waals surface area contributed by atoms with Crippen molar-refractivity contribution >= 4 is 16.4 Å². The van der Waals surface area contributed by atoms with Gasteiger partial charge in [0.2, 0.25) is 0 Å². The van der Waals surface area contributed by atoms with Gasteiger partial charge in [-0.3, -0.25) is 10.1 Å². The normalized spacial score (nSPS) is 10.5. The van der Waals surface area contributed by atoms with E-state index in [9.17, 15) is 18.5 Å². The van der Waals surface area contributed by atoms with Gasteiger partial charge in [-0.2, -0.15) is 0 Å². The standard InChI is InChI=1S/C12H9NO4S/c14-13(15)11-7-3-1-5-9(11)10-6-2-4-8-12(10)18(16)17/h1-8,18H. The average Bonchev–Trinajstić information content (AvgIpc) is 2.38. The van der Waals surface area contributed by atoms with Gasteiger partial charge in [-0.1, -0.05) is 30.3 Å². The van der Waals surface area contributed by atoms with Gasteiger partial charge < -0.3 is 0 Å². The molecular weight excluding hydrogens is 254 g/mol. The van der Waals surface area contributed by atoms with E-state index < -0.39 is 15.6 Å². The lowest BCUT2D eigenvalue weighted by Crippen LogP contribution is -1.94. The number of rotatable bonds is 3. The summed E-state index contributed by atoms with van der Waals surface area (Å²) in [6.45, 7) is 0. The van der Waals surface area contributed by atoms with E-state index in [0.29, 0.717) is 11.1 Å². The maximum absolute atomic E-state index is 11.1. The molecule has 2 rings (SSSR count). The number of benzene rings is 2. The molecule has 5 nitrogen and oxygen atoms in total. The van der Waals surface area contributed by atoms with Crippen LogP contribution in [0.4, 0.5) is 5.69 Å². The van der Waals surface area contributed by atoms with Crippen LogP contribution in [-0.4, -0.2) is 13.3 Å². The number of nitro benzene ring substituents is 1. The molecule has 0 heterocycles. The first-order valence-corrected chi connectivity index (χ1v) is 6.26. The quantitative estimate of drug-likeness (QED) is 0.523. The largest absolute Gasteiger partial charge is 0.277 e. The third-order valence-corrected chi connectivity index (χ3v) is 3.28. The van der Waals surface area contributed by atoms with Crippen LogP contribution < -0.4 is 0 Å². The van der Waals surface area contributed by atoms with E-state index in [2.05, 4.69) is 0 Å². The van der Waals surface area contributed by atoms with Gasteiger partial charge >= 0.3 is 0 Å². The molecule has 6 heteroatoms. The molecule has 0 amide bonds. The zero-order valence-corrected chi connectivity index (χ0v) is 10.0. The maximum Gasteiger partial charge on any atom is 0.277 e. The predicted molar refractivity (Wildman–Crippen MR) is 67.1 cm³/mol. The molecule has 92 valence electrons. The summed E-state index contributed by atoms with van der Waals surface area (Å²) in [5, 5.41) is 10.9. The molecule has 0 saturated carbocycles. The fraction of sp³-hybridized carbons (Fsp3) is 0. The first kappa shape index (κ1) is 12.3. The second-order valence-electron chi connectivity index (χ2n) is 3.55. The van der Waals surface area contributed by atoms with Crippen molar-refractivity contribution < 1.29 is 13.3 Å². The average molecular weight is 263 g/mol. The van der Waals surface area contributed by atoms with Gasteiger partial charge in [0.15, 0.2) is 10.7 Å². The van der Waals surface area contributed by atoms with E-state index in [0.717, 1.165) is 0 Å². The van der Waals surface area contributed by atoms with Crippen molar-refractivity contribution in [2.24, 2.45) is 0 Å². The highest BCUT2D eigenvalue weighted by molar-refractivity contribution is 7.72. The SMILES string of the molecule is O=[N+]([O-])c1ccccc1-c1ccccc1[SH](=O)=O. The van der Waals surface area contributed by atoms with E-state index in [1.165, 1.54) is 18.2 Å². The smallest absolute Gasteiger partial charge is 0.258 e. The van der Waals surface area contributed by atoms with Gasteiger partial charge in [0.1, 0.15) is 0 Å². The van der Waals surface area contributed by atoms with Crippen LogP contribution in [0.2, 0.25) is 0 Å². The molecule has 0 saturated heterocycles. The van der Waals surface area contributed by atoms with E-state index in [4.69, 9.17) is 0 Å². The fourth-order valence-electron chi connectivity index (χ4n) is 1.72. The van der Waals surface area contributed by atoms with Crippen molar-refractivity contribution in [3.8, 4) is 11.1 Å². The topological polar surface area (TPSA) is 77.3 Å². The summed E-state index contributed by atoms with van der Waals surface area (Å²) in [6, 6.07) is 12.3. The maximum atomic E-state index is 11.1. The van der Waals surface area contributed by atoms with Gasteiger partial charge in [0, 0.05) is 11.6 Å². The van der Waals surface area contributed by atoms with Crippen molar-refractivity contribution in [2.45, 2.75) is 4.90 Å². The third-order valence-electron chi connectivity index (χ3n) is 2.49. The first-order valence-electron chi connectivity index (χ1n) is 5.08. The molecule has 0 fully saturated rings. The summed E-state index contributed by atoms with van der Waals surface area (Å²) < 4.78 is 22.3. The molecule has 2 aromatic rings. The molecule has 0 bridgehead atoms. The zero-order valence-electron chi connectivity index (χ0n) is 9.15. The van der Waals surface area contributed by atoms with Crippen LogP contribution in [0.5, 0.6) is 0 Å². The van der Waals surface area contributed by atoms with Crippen molar-refractivity contribution in [3.05, 3.63) is 58.6 Å². The number of para-hydroxylation sites is 1. The second kappa shape index (κ2) is 4.97. The number of nitro groups is 1. The molecular formula is C12H9NO4S. The Bertz CT molecular complexity index is 671. The molecule has 0 radical (unpaired) electrons. The summed E-state index contributed by atoms with van der Waals surface area (Å²) in [6.07, 6.45) is 0. The van der Waals surface area contributed by atoms with E-state index in [1.807, 2.05) is 0 Å². The van der Waals surface area contributed by atoms with Crippen LogP contribution in [0.1, 0.15) is 0 Å². The van der Waals surface area contributed by atoms with E-state index >= 15 is 0 Å². The predicted octanol–water partition coefficient (Wildman–Crippen LogP) is 2.23. The molecule has 0 aliphatic heterocycles. The number of hydrogen-bond donors (Lipinski definition) is 1. The molecule has 0 aliphatic rings.